The van der Waals surface area contributed by atoms with E-state index in [2.05, 4.69) is 41.6 Å². The minimum Gasteiger partial charge on any atom is -0.388 e. The number of amidine groups is 1. The van der Waals surface area contributed by atoms with Crippen molar-refractivity contribution in [2.45, 2.75) is 37.9 Å². The fraction of sp³-hybridized carbons (Fsp3) is 0.600. The summed E-state index contributed by atoms with van der Waals surface area (Å²) in [4.78, 5) is 15.2. The number of hydrogen-bond donors (Lipinski definition) is 3. The topological polar surface area (TPSA) is 107 Å². The SMILES string of the molecule is C=C1N=C(NC(C)=O)C=NN1[C@@H]1O[C@H](CCP(=C)(C)C)[C@@H](O)[C@H]1O. The monoisotopic (exact) mass is 356 g/mol. The summed E-state index contributed by atoms with van der Waals surface area (Å²) in [6.07, 6.45) is 3.44. The molecule has 2 heterocycles. The smallest absolute Gasteiger partial charge is 0.222 e. The average molecular weight is 356 g/mol. The van der Waals surface area contributed by atoms with Crippen molar-refractivity contribution >= 4 is 31.1 Å². The summed E-state index contributed by atoms with van der Waals surface area (Å²) in [7, 11) is 0. The quantitative estimate of drug-likeness (QED) is 0.607. The largest absolute Gasteiger partial charge is 0.388 e. The maximum Gasteiger partial charge on any atom is 0.222 e. The first-order valence-electron chi connectivity index (χ1n) is 7.66. The molecule has 1 fully saturated rings. The van der Waals surface area contributed by atoms with Gasteiger partial charge in [0.15, 0.2) is 12.1 Å². The lowest BCUT2D eigenvalue weighted by molar-refractivity contribution is -0.117. The van der Waals surface area contributed by atoms with Gasteiger partial charge >= 0.3 is 0 Å². The van der Waals surface area contributed by atoms with Gasteiger partial charge in [-0.1, -0.05) is 6.58 Å². The minimum atomic E-state index is -1.25. The van der Waals surface area contributed by atoms with E-state index in [0.29, 0.717) is 6.42 Å². The standard InChI is InChI=1S/C15H25N4O4P/c1-9-17-12(18-10(2)20)8-16-19(9)15-14(22)13(21)11(23-15)6-7-24(3,4)5/h8,11,13-15,21-22H,1,3,6-7H2,2,4-5H3,(H,17,18,20)/t11-,13-,14-,15-/m1/s1. The number of rotatable bonds is 4. The van der Waals surface area contributed by atoms with Crippen LogP contribution in [-0.4, -0.2) is 83.5 Å². The van der Waals surface area contributed by atoms with E-state index in [1.165, 1.54) is 18.1 Å². The molecule has 2 aliphatic heterocycles. The van der Waals surface area contributed by atoms with Gasteiger partial charge in [-0.2, -0.15) is 5.10 Å². The van der Waals surface area contributed by atoms with Crippen molar-refractivity contribution in [2.75, 3.05) is 19.5 Å². The number of nitrogens with zero attached hydrogens (tertiary/aromatic N) is 3. The molecule has 24 heavy (non-hydrogen) atoms. The molecule has 1 saturated heterocycles. The molecule has 0 radical (unpaired) electrons. The fourth-order valence-electron chi connectivity index (χ4n) is 2.50. The fourth-order valence-corrected chi connectivity index (χ4v) is 3.46. The maximum absolute atomic E-state index is 11.1. The Morgan fingerprint density at radius 1 is 1.46 bits per heavy atom. The third-order valence-electron chi connectivity index (χ3n) is 3.72. The molecule has 0 aromatic rings. The second-order valence-corrected chi connectivity index (χ2v) is 11.0. The van der Waals surface area contributed by atoms with E-state index in [9.17, 15) is 15.0 Å². The molecule has 134 valence electrons. The Bertz CT molecular complexity index is 627. The van der Waals surface area contributed by atoms with Crippen LogP contribution in [0.4, 0.5) is 0 Å². The lowest BCUT2D eigenvalue weighted by Gasteiger charge is -2.29. The van der Waals surface area contributed by atoms with Crippen molar-refractivity contribution in [3.8, 4) is 0 Å². The van der Waals surface area contributed by atoms with Crippen LogP contribution in [0.1, 0.15) is 13.3 Å². The molecule has 0 saturated carbocycles. The number of aliphatic imine (C=N–C) groups is 1. The van der Waals surface area contributed by atoms with Gasteiger partial charge in [-0.15, -0.1) is 13.2 Å². The first-order chi connectivity index (χ1) is 11.1. The molecule has 0 aliphatic carbocycles. The first-order valence-corrected chi connectivity index (χ1v) is 10.7. The highest BCUT2D eigenvalue weighted by Gasteiger charge is 2.46. The highest BCUT2D eigenvalue weighted by atomic mass is 31.2. The summed E-state index contributed by atoms with van der Waals surface area (Å²) >= 11 is 0. The average Bonchev–Trinajstić information content (AvgIpc) is 2.72. The summed E-state index contributed by atoms with van der Waals surface area (Å²) in [5, 5.41) is 28.4. The Hall–Kier alpha value is -1.47. The van der Waals surface area contributed by atoms with E-state index in [0.717, 1.165) is 6.16 Å². The van der Waals surface area contributed by atoms with Gasteiger partial charge in [0.05, 0.1) is 12.3 Å². The number of ether oxygens (including phenoxy) is 1. The third-order valence-corrected chi connectivity index (χ3v) is 5.19. The summed E-state index contributed by atoms with van der Waals surface area (Å²) in [6, 6.07) is 0. The van der Waals surface area contributed by atoms with Gasteiger partial charge < -0.3 is 20.3 Å². The van der Waals surface area contributed by atoms with Crippen molar-refractivity contribution in [3.63, 3.8) is 0 Å². The molecule has 9 heteroatoms. The molecule has 3 N–H and O–H groups in total. The summed E-state index contributed by atoms with van der Waals surface area (Å²) in [6.45, 7) is 8.10. The Labute approximate surface area is 141 Å². The zero-order valence-corrected chi connectivity index (χ0v) is 15.1. The van der Waals surface area contributed by atoms with Crippen LogP contribution in [0.2, 0.25) is 0 Å². The van der Waals surface area contributed by atoms with Crippen LogP contribution < -0.4 is 5.32 Å². The summed E-state index contributed by atoms with van der Waals surface area (Å²) < 4.78 is 5.79. The molecule has 2 aliphatic rings. The predicted octanol–water partition coefficient (Wildman–Crippen LogP) is -0.160. The van der Waals surface area contributed by atoms with Crippen LogP contribution >= 0.6 is 6.89 Å². The van der Waals surface area contributed by atoms with Gasteiger partial charge in [-0.25, -0.2) is 10.0 Å². The van der Waals surface area contributed by atoms with Gasteiger partial charge in [0.2, 0.25) is 5.91 Å². The Morgan fingerprint density at radius 3 is 2.67 bits per heavy atom. The number of amides is 1. The van der Waals surface area contributed by atoms with Gasteiger partial charge in [0.25, 0.3) is 0 Å². The lowest BCUT2D eigenvalue weighted by Crippen LogP contribution is -2.43. The van der Waals surface area contributed by atoms with E-state index in [-0.39, 0.29) is 17.6 Å². The molecular formula is C15H25N4O4P. The molecule has 0 bridgehead atoms. The van der Waals surface area contributed by atoms with Crippen molar-refractivity contribution in [1.29, 1.82) is 0 Å². The van der Waals surface area contributed by atoms with E-state index in [4.69, 9.17) is 4.74 Å². The number of hydrazone groups is 1. The zero-order chi connectivity index (χ0) is 18.1. The zero-order valence-electron chi connectivity index (χ0n) is 14.2. The normalized spacial score (nSPS) is 30.5. The van der Waals surface area contributed by atoms with Crippen molar-refractivity contribution in [1.82, 2.24) is 10.3 Å². The maximum atomic E-state index is 11.1. The van der Waals surface area contributed by atoms with Gasteiger partial charge in [-0.05, 0) is 25.9 Å². The summed E-state index contributed by atoms with van der Waals surface area (Å²) in [5.41, 5.74) is 0. The molecule has 1 amide bonds. The second-order valence-electron chi connectivity index (χ2n) is 6.68. The molecule has 2 rings (SSSR count). The van der Waals surface area contributed by atoms with E-state index in [1.807, 2.05) is 0 Å². The Morgan fingerprint density at radius 2 is 2.12 bits per heavy atom. The highest BCUT2D eigenvalue weighted by molar-refractivity contribution is 7.72. The number of nitrogens with one attached hydrogen (secondary N) is 1. The van der Waals surface area contributed by atoms with E-state index >= 15 is 0 Å². The van der Waals surface area contributed by atoms with Crippen LogP contribution in [0.5, 0.6) is 0 Å². The summed E-state index contributed by atoms with van der Waals surface area (Å²) in [5.74, 6) is 0.202. The van der Waals surface area contributed by atoms with Gasteiger partial charge in [-0.3, -0.25) is 4.79 Å². The Kier molecular flexibility index (Phi) is 5.65. The van der Waals surface area contributed by atoms with Crippen LogP contribution in [-0.2, 0) is 9.53 Å². The molecule has 4 atom stereocenters. The number of hydrogen-bond acceptors (Lipinski definition) is 7. The molecule has 0 aromatic heterocycles. The van der Waals surface area contributed by atoms with Crippen molar-refractivity contribution in [3.05, 3.63) is 12.4 Å². The van der Waals surface area contributed by atoms with E-state index < -0.39 is 31.4 Å². The molecular weight excluding hydrogens is 331 g/mol. The molecule has 8 nitrogen and oxygen atoms in total. The van der Waals surface area contributed by atoms with Gasteiger partial charge in [0.1, 0.15) is 18.0 Å². The van der Waals surface area contributed by atoms with E-state index in [1.54, 1.807) is 0 Å². The number of carbonyl (C=O) groups is 1. The highest BCUT2D eigenvalue weighted by Crippen LogP contribution is 2.38. The third kappa shape index (κ3) is 4.54. The molecule has 0 spiro atoms. The first kappa shape index (κ1) is 18.9. The predicted molar refractivity (Wildman–Crippen MR) is 96.8 cm³/mol. The minimum absolute atomic E-state index is 0.211. The van der Waals surface area contributed by atoms with Crippen LogP contribution in [0.3, 0.4) is 0 Å². The van der Waals surface area contributed by atoms with Crippen molar-refractivity contribution in [2.24, 2.45) is 10.1 Å². The number of aliphatic hydroxyl groups excluding tert-OH is 2. The van der Waals surface area contributed by atoms with Crippen LogP contribution in [0.15, 0.2) is 22.5 Å². The Balaban J connectivity index is 2.04. The lowest BCUT2D eigenvalue weighted by atomic mass is 10.1. The number of aliphatic hydroxyl groups is 2. The second kappa shape index (κ2) is 7.19. The number of carbonyl (C=O) groups excluding carboxylic acids is 1. The van der Waals surface area contributed by atoms with Gasteiger partial charge in [0, 0.05) is 6.92 Å². The van der Waals surface area contributed by atoms with Crippen LogP contribution in [0.25, 0.3) is 0 Å². The molecule has 0 aromatic carbocycles. The van der Waals surface area contributed by atoms with Crippen molar-refractivity contribution < 1.29 is 19.7 Å². The molecule has 0 unspecified atom stereocenters. The van der Waals surface area contributed by atoms with Crippen LogP contribution in [0, 0.1) is 0 Å².